The van der Waals surface area contributed by atoms with Crippen LogP contribution in [0.2, 0.25) is 0 Å². The van der Waals surface area contributed by atoms with Crippen LogP contribution in [0.15, 0.2) is 54.6 Å². The summed E-state index contributed by atoms with van der Waals surface area (Å²) in [4.78, 5) is 27.7. The zero-order valence-corrected chi connectivity index (χ0v) is 23.0. The first-order valence-corrected chi connectivity index (χ1v) is 13.7. The maximum atomic E-state index is 12.8. The normalized spacial score (nSPS) is 16.6. The van der Waals surface area contributed by atoms with Crippen LogP contribution in [0.25, 0.3) is 0 Å². The summed E-state index contributed by atoms with van der Waals surface area (Å²) in [6.45, 7) is 6.14. The van der Waals surface area contributed by atoms with Crippen molar-refractivity contribution in [3.63, 3.8) is 0 Å². The molecule has 0 spiro atoms. The van der Waals surface area contributed by atoms with Gasteiger partial charge in [0.2, 0.25) is 0 Å². The highest BCUT2D eigenvalue weighted by molar-refractivity contribution is 5.72. The summed E-state index contributed by atoms with van der Waals surface area (Å²) in [5, 5.41) is 2.96. The average molecular weight is 509 g/mol. The van der Waals surface area contributed by atoms with Gasteiger partial charge in [-0.05, 0) is 73.9 Å². The number of hydrogen-bond donors (Lipinski definition) is 1. The minimum Gasteiger partial charge on any atom is -0.461 e. The first kappa shape index (κ1) is 28.7. The molecule has 1 fully saturated rings. The van der Waals surface area contributed by atoms with Crippen molar-refractivity contribution in [2.24, 2.45) is 11.3 Å². The number of amides is 1. The predicted octanol–water partition coefficient (Wildman–Crippen LogP) is 6.55. The second-order valence-electron chi connectivity index (χ2n) is 11.0. The van der Waals surface area contributed by atoms with Crippen LogP contribution in [0.4, 0.5) is 4.79 Å². The number of nitrogens with zero attached hydrogens (tertiary/aromatic N) is 1. The molecule has 3 rings (SSSR count). The third-order valence-corrected chi connectivity index (χ3v) is 7.56. The fourth-order valence-corrected chi connectivity index (χ4v) is 5.69. The van der Waals surface area contributed by atoms with E-state index < -0.39 is 6.09 Å². The average Bonchev–Trinajstić information content (AvgIpc) is 2.88. The lowest BCUT2D eigenvalue weighted by Gasteiger charge is -2.36. The maximum absolute atomic E-state index is 12.8. The Labute approximate surface area is 222 Å². The molecule has 1 saturated carbocycles. The van der Waals surface area contributed by atoms with Gasteiger partial charge in [-0.1, -0.05) is 75.6 Å². The van der Waals surface area contributed by atoms with Crippen LogP contribution in [0.1, 0.15) is 75.8 Å². The van der Waals surface area contributed by atoms with Gasteiger partial charge in [-0.3, -0.25) is 4.79 Å². The van der Waals surface area contributed by atoms with Crippen LogP contribution in [-0.4, -0.2) is 44.1 Å². The van der Waals surface area contributed by atoms with E-state index in [0.717, 1.165) is 50.6 Å². The van der Waals surface area contributed by atoms with Gasteiger partial charge >= 0.3 is 12.1 Å². The van der Waals surface area contributed by atoms with Crippen molar-refractivity contribution in [3.8, 4) is 5.75 Å². The number of nitrogens with one attached hydrogen (secondary N) is 1. The topological polar surface area (TPSA) is 67.9 Å². The van der Waals surface area contributed by atoms with E-state index in [1.165, 1.54) is 5.56 Å². The molecule has 1 aliphatic rings. The highest BCUT2D eigenvalue weighted by Crippen LogP contribution is 2.39. The van der Waals surface area contributed by atoms with E-state index in [4.69, 9.17) is 9.47 Å². The van der Waals surface area contributed by atoms with Crippen molar-refractivity contribution in [2.45, 2.75) is 71.3 Å². The van der Waals surface area contributed by atoms with E-state index >= 15 is 0 Å². The number of carbonyl (C=O) groups is 2. The largest absolute Gasteiger partial charge is 0.461 e. The second kappa shape index (κ2) is 14.2. The highest BCUT2D eigenvalue weighted by Gasteiger charge is 2.35. The first-order valence-electron chi connectivity index (χ1n) is 13.7. The van der Waals surface area contributed by atoms with Gasteiger partial charge in [0.15, 0.2) is 0 Å². The Kier molecular flexibility index (Phi) is 11.0. The Morgan fingerprint density at radius 3 is 2.43 bits per heavy atom. The smallest absolute Gasteiger partial charge is 0.412 e. The molecule has 2 atom stereocenters. The van der Waals surface area contributed by atoms with E-state index in [1.54, 1.807) is 0 Å². The molecule has 0 aromatic heterocycles. The number of benzene rings is 2. The molecule has 0 unspecified atom stereocenters. The minimum atomic E-state index is -0.478. The molecule has 0 saturated heterocycles. The fourth-order valence-electron chi connectivity index (χ4n) is 5.69. The molecule has 0 heterocycles. The fraction of sp³-hybridized carbons (Fsp3) is 0.548. The lowest BCUT2D eigenvalue weighted by atomic mass is 9.71. The van der Waals surface area contributed by atoms with Crippen molar-refractivity contribution < 1.29 is 19.1 Å². The summed E-state index contributed by atoms with van der Waals surface area (Å²) in [7, 11) is 4.18. The van der Waals surface area contributed by atoms with E-state index in [0.29, 0.717) is 30.6 Å². The van der Waals surface area contributed by atoms with E-state index in [1.807, 2.05) is 48.5 Å². The lowest BCUT2D eigenvalue weighted by Crippen LogP contribution is -2.41. The Balaban J connectivity index is 1.57. The van der Waals surface area contributed by atoms with Crippen LogP contribution in [0, 0.1) is 11.3 Å². The molecule has 0 bridgehead atoms. The lowest BCUT2D eigenvalue weighted by molar-refractivity contribution is -0.148. The number of rotatable bonds is 12. The zero-order chi connectivity index (χ0) is 26.7. The molecule has 2 aromatic carbocycles. The van der Waals surface area contributed by atoms with Crippen LogP contribution in [0.3, 0.4) is 0 Å². The quantitative estimate of drug-likeness (QED) is 0.329. The molecule has 202 valence electrons. The van der Waals surface area contributed by atoms with Crippen LogP contribution in [0.5, 0.6) is 5.75 Å². The zero-order valence-electron chi connectivity index (χ0n) is 23.0. The third kappa shape index (κ3) is 9.19. The van der Waals surface area contributed by atoms with Gasteiger partial charge in [-0.15, -0.1) is 0 Å². The van der Waals surface area contributed by atoms with Gasteiger partial charge < -0.3 is 19.7 Å². The van der Waals surface area contributed by atoms with Gasteiger partial charge in [-0.2, -0.15) is 0 Å². The van der Waals surface area contributed by atoms with Crippen LogP contribution < -0.4 is 10.1 Å². The van der Waals surface area contributed by atoms with Gasteiger partial charge in [0.05, 0.1) is 6.42 Å². The van der Waals surface area contributed by atoms with Gasteiger partial charge in [-0.25, -0.2) is 4.79 Å². The molecule has 0 radical (unpaired) electrons. The van der Waals surface area contributed by atoms with E-state index in [2.05, 4.69) is 44.2 Å². The minimum absolute atomic E-state index is 0.217. The van der Waals surface area contributed by atoms with Crippen molar-refractivity contribution in [1.29, 1.82) is 0 Å². The first-order chi connectivity index (χ1) is 17.8. The standard InChI is InChI=1S/C31H44N2O4/c1-5-28(24(2)21-33(3)4)26-15-12-16-27(19-26)37-30(35)32-23-31(17-10-7-11-18-31)20-29(34)36-22-25-13-8-6-9-14-25/h6,8-9,12-16,19,24,28H,5,7,10-11,17-18,20-23H2,1-4H3,(H,32,35)/t24-,28-/m0/s1. The predicted molar refractivity (Wildman–Crippen MR) is 148 cm³/mol. The van der Waals surface area contributed by atoms with Gasteiger partial charge in [0, 0.05) is 13.1 Å². The molecule has 0 aliphatic heterocycles. The number of esters is 1. The maximum Gasteiger partial charge on any atom is 0.412 e. The summed E-state index contributed by atoms with van der Waals surface area (Å²) >= 11 is 0. The van der Waals surface area contributed by atoms with Crippen molar-refractivity contribution >= 4 is 12.1 Å². The summed E-state index contributed by atoms with van der Waals surface area (Å²) in [6.07, 6.45) is 5.89. The molecule has 6 heteroatoms. The second-order valence-corrected chi connectivity index (χ2v) is 11.0. The number of ether oxygens (including phenoxy) is 2. The molecule has 1 N–H and O–H groups in total. The Hall–Kier alpha value is -2.86. The Bertz CT molecular complexity index is 986. The van der Waals surface area contributed by atoms with Gasteiger partial charge in [0.1, 0.15) is 12.4 Å². The summed E-state index contributed by atoms with van der Waals surface area (Å²) < 4.78 is 11.2. The summed E-state index contributed by atoms with van der Waals surface area (Å²) in [5.41, 5.74) is 1.87. The monoisotopic (exact) mass is 508 g/mol. The van der Waals surface area contributed by atoms with Crippen molar-refractivity contribution in [3.05, 3.63) is 65.7 Å². The highest BCUT2D eigenvalue weighted by atomic mass is 16.6. The Morgan fingerprint density at radius 2 is 1.76 bits per heavy atom. The number of hydrogen-bond acceptors (Lipinski definition) is 5. The summed E-state index contributed by atoms with van der Waals surface area (Å²) in [6, 6.07) is 17.6. The molecular weight excluding hydrogens is 464 g/mol. The van der Waals surface area contributed by atoms with E-state index in [-0.39, 0.29) is 18.0 Å². The van der Waals surface area contributed by atoms with Crippen molar-refractivity contribution in [1.82, 2.24) is 10.2 Å². The van der Waals surface area contributed by atoms with E-state index in [9.17, 15) is 9.59 Å². The molecule has 37 heavy (non-hydrogen) atoms. The molecule has 1 aliphatic carbocycles. The molecule has 6 nitrogen and oxygen atoms in total. The number of carbonyl (C=O) groups excluding carboxylic acids is 2. The third-order valence-electron chi connectivity index (χ3n) is 7.56. The SMILES string of the molecule is CC[C@H](c1cccc(OC(=O)NCC2(CC(=O)OCc3ccccc3)CCCCC2)c1)[C@@H](C)CN(C)C. The Morgan fingerprint density at radius 1 is 1.03 bits per heavy atom. The molecule has 2 aromatic rings. The van der Waals surface area contributed by atoms with Crippen LogP contribution in [-0.2, 0) is 16.1 Å². The van der Waals surface area contributed by atoms with Crippen molar-refractivity contribution in [2.75, 3.05) is 27.2 Å². The molecular formula is C31H44N2O4. The summed E-state index contributed by atoms with van der Waals surface area (Å²) in [5.74, 6) is 1.20. The van der Waals surface area contributed by atoms with Gasteiger partial charge in [0.25, 0.3) is 0 Å². The van der Waals surface area contributed by atoms with Crippen LogP contribution >= 0.6 is 0 Å². The molecule has 1 amide bonds.